The van der Waals surface area contributed by atoms with Crippen molar-refractivity contribution in [3.63, 3.8) is 0 Å². The molecule has 2 N–H and O–H groups in total. The summed E-state index contributed by atoms with van der Waals surface area (Å²) in [6, 6.07) is 3.71. The molecule has 0 saturated heterocycles. The van der Waals surface area contributed by atoms with Crippen LogP contribution in [0.5, 0.6) is 5.75 Å². The number of allylic oxidation sites excluding steroid dienone is 1. The van der Waals surface area contributed by atoms with Crippen LogP contribution in [0.25, 0.3) is 0 Å². The Bertz CT molecular complexity index is 523. The van der Waals surface area contributed by atoms with E-state index in [9.17, 15) is 9.90 Å². The summed E-state index contributed by atoms with van der Waals surface area (Å²) in [6.07, 6.45) is 3.19. The largest absolute Gasteiger partial charge is 0.507 e. The molecule has 1 aromatic rings. The van der Waals surface area contributed by atoms with Gasteiger partial charge in [-0.15, -0.1) is 0 Å². The molecule has 1 amide bonds. The minimum Gasteiger partial charge on any atom is -0.507 e. The van der Waals surface area contributed by atoms with Gasteiger partial charge in [0.2, 0.25) is 5.91 Å². The fourth-order valence-corrected chi connectivity index (χ4v) is 2.19. The van der Waals surface area contributed by atoms with E-state index in [1.54, 1.807) is 13.0 Å². The maximum atomic E-state index is 11.8. The van der Waals surface area contributed by atoms with Gasteiger partial charge in [0.25, 0.3) is 0 Å². The number of rotatable bonds is 2. The topological polar surface area (TPSA) is 49.3 Å². The smallest absolute Gasteiger partial charge is 0.248 e. The van der Waals surface area contributed by atoms with Gasteiger partial charge in [-0.25, -0.2) is 0 Å². The van der Waals surface area contributed by atoms with Crippen molar-refractivity contribution in [2.24, 2.45) is 0 Å². The van der Waals surface area contributed by atoms with Gasteiger partial charge in [-0.05, 0) is 36.0 Å². The molecule has 3 nitrogen and oxygen atoms in total. The summed E-state index contributed by atoms with van der Waals surface area (Å²) in [5, 5.41) is 13.5. The van der Waals surface area contributed by atoms with E-state index in [2.05, 4.69) is 5.32 Å². The molecule has 0 saturated carbocycles. The number of carbonyl (C=O) groups is 1. The molecule has 0 bridgehead atoms. The lowest BCUT2D eigenvalue weighted by atomic mass is 9.79. The molecule has 1 rings (SSSR count). The van der Waals surface area contributed by atoms with E-state index < -0.39 is 0 Å². The van der Waals surface area contributed by atoms with Crippen molar-refractivity contribution in [2.75, 3.05) is 5.32 Å². The number of phenolic OH excluding ortho intramolecular Hbond substituents is 1. The third-order valence-electron chi connectivity index (χ3n) is 3.31. The molecule has 0 unspecified atom stereocenters. The van der Waals surface area contributed by atoms with Crippen LogP contribution in [-0.4, -0.2) is 11.0 Å². The summed E-state index contributed by atoms with van der Waals surface area (Å²) in [6.45, 7) is 14.1. The summed E-state index contributed by atoms with van der Waals surface area (Å²) in [5.41, 5.74) is 1.98. The summed E-state index contributed by atoms with van der Waals surface area (Å²) in [7, 11) is 0. The number of nitrogens with one attached hydrogen (secondary N) is 1. The zero-order chi connectivity index (χ0) is 16.4. The van der Waals surface area contributed by atoms with E-state index in [0.29, 0.717) is 11.4 Å². The van der Waals surface area contributed by atoms with Gasteiger partial charge in [0.15, 0.2) is 0 Å². The average Bonchev–Trinajstić information content (AvgIpc) is 2.28. The van der Waals surface area contributed by atoms with Crippen LogP contribution in [-0.2, 0) is 15.6 Å². The Morgan fingerprint density at radius 1 is 1.05 bits per heavy atom. The van der Waals surface area contributed by atoms with Crippen LogP contribution in [0.3, 0.4) is 0 Å². The minimum absolute atomic E-state index is 0.164. The van der Waals surface area contributed by atoms with Gasteiger partial charge in [0.1, 0.15) is 5.75 Å². The fraction of sp³-hybridized carbons (Fsp3) is 0.500. The molecule has 0 radical (unpaired) electrons. The number of hydrogen-bond acceptors (Lipinski definition) is 2. The first-order chi connectivity index (χ1) is 9.46. The van der Waals surface area contributed by atoms with E-state index in [4.69, 9.17) is 0 Å². The Kier molecular flexibility index (Phi) is 4.87. The monoisotopic (exact) mass is 289 g/mol. The predicted molar refractivity (Wildman–Crippen MR) is 89.0 cm³/mol. The van der Waals surface area contributed by atoms with Gasteiger partial charge >= 0.3 is 0 Å². The number of benzene rings is 1. The van der Waals surface area contributed by atoms with Crippen LogP contribution in [0.15, 0.2) is 24.3 Å². The molecular formula is C18H27NO2. The van der Waals surface area contributed by atoms with E-state index in [-0.39, 0.29) is 16.7 Å². The summed E-state index contributed by atoms with van der Waals surface area (Å²) < 4.78 is 0. The number of hydrogen-bond donors (Lipinski definition) is 2. The zero-order valence-electron chi connectivity index (χ0n) is 14.2. The predicted octanol–water partition coefficient (Wildman–Crippen LogP) is 4.50. The van der Waals surface area contributed by atoms with Gasteiger partial charge in [0.05, 0.1) is 0 Å². The van der Waals surface area contributed by atoms with Gasteiger partial charge in [-0.2, -0.15) is 0 Å². The van der Waals surface area contributed by atoms with Gasteiger partial charge in [-0.1, -0.05) is 47.6 Å². The average molecular weight is 289 g/mol. The maximum absolute atomic E-state index is 11.8. The van der Waals surface area contributed by atoms with Crippen LogP contribution in [0, 0.1) is 0 Å². The molecule has 0 heterocycles. The van der Waals surface area contributed by atoms with Gasteiger partial charge in [0, 0.05) is 16.8 Å². The Morgan fingerprint density at radius 2 is 1.48 bits per heavy atom. The highest BCUT2D eigenvalue weighted by atomic mass is 16.3. The van der Waals surface area contributed by atoms with Crippen molar-refractivity contribution in [3.8, 4) is 5.75 Å². The molecule has 0 fully saturated rings. The molecule has 0 aliphatic rings. The van der Waals surface area contributed by atoms with Crippen molar-refractivity contribution in [2.45, 2.75) is 59.3 Å². The molecular weight excluding hydrogens is 262 g/mol. The van der Waals surface area contributed by atoms with Crippen LogP contribution in [0.4, 0.5) is 5.69 Å². The van der Waals surface area contributed by atoms with Crippen LogP contribution in [0.2, 0.25) is 0 Å². The first-order valence-electron chi connectivity index (χ1n) is 7.28. The summed E-state index contributed by atoms with van der Waals surface area (Å²) in [4.78, 5) is 11.8. The Balaban J connectivity index is 3.44. The highest BCUT2D eigenvalue weighted by Gasteiger charge is 2.26. The minimum atomic E-state index is -0.203. The third kappa shape index (κ3) is 4.35. The molecule has 0 atom stereocenters. The fourth-order valence-electron chi connectivity index (χ4n) is 2.19. The molecule has 116 valence electrons. The van der Waals surface area contributed by atoms with Crippen molar-refractivity contribution in [1.29, 1.82) is 0 Å². The number of amides is 1. The highest BCUT2D eigenvalue weighted by Crippen LogP contribution is 2.40. The standard InChI is InChI=1S/C18H27NO2/c1-8-9-15(20)19-12-10-13(17(2,3)4)16(21)14(11-12)18(5,6)7/h8-11,21H,1-7H3,(H,19,20)/b9-8+. The Labute approximate surface area is 128 Å². The second-order valence-electron chi connectivity index (χ2n) is 7.41. The summed E-state index contributed by atoms with van der Waals surface area (Å²) >= 11 is 0. The Morgan fingerprint density at radius 3 is 1.81 bits per heavy atom. The number of aromatic hydroxyl groups is 1. The lowest BCUT2D eigenvalue weighted by Gasteiger charge is -2.28. The first-order valence-corrected chi connectivity index (χ1v) is 7.28. The first kappa shape index (κ1) is 17.3. The van der Waals surface area contributed by atoms with Crippen molar-refractivity contribution < 1.29 is 9.90 Å². The second-order valence-corrected chi connectivity index (χ2v) is 7.41. The van der Waals surface area contributed by atoms with Crippen LogP contribution >= 0.6 is 0 Å². The SMILES string of the molecule is C/C=C/C(=O)Nc1cc(C(C)(C)C)c(O)c(C(C)(C)C)c1. The Hall–Kier alpha value is -1.77. The molecule has 21 heavy (non-hydrogen) atoms. The molecule has 1 aromatic carbocycles. The second kappa shape index (κ2) is 5.92. The molecule has 0 aromatic heterocycles. The summed E-state index contributed by atoms with van der Waals surface area (Å²) in [5.74, 6) is 0.155. The maximum Gasteiger partial charge on any atom is 0.248 e. The van der Waals surface area contributed by atoms with Gasteiger partial charge < -0.3 is 10.4 Å². The van der Waals surface area contributed by atoms with Crippen molar-refractivity contribution in [1.82, 2.24) is 0 Å². The van der Waals surface area contributed by atoms with E-state index in [1.165, 1.54) is 6.08 Å². The number of carbonyl (C=O) groups excluding carboxylic acids is 1. The quantitative estimate of drug-likeness (QED) is 0.622. The van der Waals surface area contributed by atoms with Crippen LogP contribution < -0.4 is 5.32 Å². The molecule has 0 spiro atoms. The molecule has 0 aliphatic heterocycles. The van der Waals surface area contributed by atoms with Gasteiger partial charge in [-0.3, -0.25) is 4.79 Å². The lowest BCUT2D eigenvalue weighted by molar-refractivity contribution is -0.111. The van der Waals surface area contributed by atoms with E-state index in [1.807, 2.05) is 53.7 Å². The normalized spacial score (nSPS) is 12.7. The van der Waals surface area contributed by atoms with Crippen LogP contribution in [0.1, 0.15) is 59.6 Å². The van der Waals surface area contributed by atoms with E-state index in [0.717, 1.165) is 11.1 Å². The lowest BCUT2D eigenvalue weighted by Crippen LogP contribution is -2.19. The zero-order valence-corrected chi connectivity index (χ0v) is 14.2. The number of phenols is 1. The third-order valence-corrected chi connectivity index (χ3v) is 3.31. The van der Waals surface area contributed by atoms with E-state index >= 15 is 0 Å². The van der Waals surface area contributed by atoms with Crippen molar-refractivity contribution >= 4 is 11.6 Å². The highest BCUT2D eigenvalue weighted by molar-refractivity contribution is 5.99. The molecule has 3 heteroatoms. The number of anilines is 1. The molecule has 0 aliphatic carbocycles. The van der Waals surface area contributed by atoms with Crippen molar-refractivity contribution in [3.05, 3.63) is 35.4 Å².